The van der Waals surface area contributed by atoms with Crippen LogP contribution in [0.15, 0.2) is 0 Å². The molecule has 0 aromatic rings. The predicted octanol–water partition coefficient (Wildman–Crippen LogP) is 1.94. The van der Waals surface area contributed by atoms with Crippen molar-refractivity contribution in [3.63, 3.8) is 0 Å². The Hall–Kier alpha value is -1.31. The lowest BCUT2D eigenvalue weighted by Gasteiger charge is -2.35. The molecule has 3 fully saturated rings. The third-order valence-corrected chi connectivity index (χ3v) is 5.00. The van der Waals surface area contributed by atoms with Crippen molar-refractivity contribution in [1.29, 1.82) is 0 Å². The van der Waals surface area contributed by atoms with Crippen molar-refractivity contribution in [1.82, 2.24) is 15.1 Å². The van der Waals surface area contributed by atoms with Gasteiger partial charge in [0.25, 0.3) is 5.91 Å². The average Bonchev–Trinajstić information content (AvgIpc) is 3.25. The SMILES string of the molecule is C[C@]1(C2CC2)NC(=O)N(CN2CCC[C@@H](C(F)(F)F)C2)C1=O. The third kappa shape index (κ3) is 2.68. The van der Waals surface area contributed by atoms with Gasteiger partial charge in [-0.1, -0.05) is 0 Å². The van der Waals surface area contributed by atoms with Crippen LogP contribution >= 0.6 is 0 Å². The van der Waals surface area contributed by atoms with Crippen molar-refractivity contribution >= 4 is 11.9 Å². The summed E-state index contributed by atoms with van der Waals surface area (Å²) in [4.78, 5) is 27.1. The van der Waals surface area contributed by atoms with Crippen molar-refractivity contribution < 1.29 is 22.8 Å². The van der Waals surface area contributed by atoms with Crippen LogP contribution in [0.4, 0.5) is 18.0 Å². The molecule has 0 aromatic carbocycles. The number of carbonyl (C=O) groups excluding carboxylic acids is 2. The summed E-state index contributed by atoms with van der Waals surface area (Å²) < 4.78 is 38.5. The van der Waals surface area contributed by atoms with Crippen LogP contribution in [-0.2, 0) is 4.79 Å². The fourth-order valence-corrected chi connectivity index (χ4v) is 3.43. The molecule has 3 amide bonds. The minimum Gasteiger partial charge on any atom is -0.323 e. The summed E-state index contributed by atoms with van der Waals surface area (Å²) in [6.07, 6.45) is -1.89. The largest absolute Gasteiger partial charge is 0.393 e. The highest BCUT2D eigenvalue weighted by Gasteiger charge is 2.56. The van der Waals surface area contributed by atoms with E-state index in [1.165, 1.54) is 0 Å². The predicted molar refractivity (Wildman–Crippen MR) is 71.7 cm³/mol. The Labute approximate surface area is 126 Å². The van der Waals surface area contributed by atoms with Crippen molar-refractivity contribution in [2.24, 2.45) is 11.8 Å². The number of hydrogen-bond acceptors (Lipinski definition) is 3. The standard InChI is InChI=1S/C14H20F3N3O2/c1-13(9-4-5-9)11(21)20(12(22)18-13)8-19-6-2-3-10(7-19)14(15,16)17/h9-10H,2-8H2,1H3,(H,18,22)/t10-,13-/m1/s1. The molecule has 5 nitrogen and oxygen atoms in total. The highest BCUT2D eigenvalue weighted by molar-refractivity contribution is 6.07. The summed E-state index contributed by atoms with van der Waals surface area (Å²) in [5.41, 5.74) is -0.879. The normalized spacial score (nSPS) is 34.2. The van der Waals surface area contributed by atoms with Gasteiger partial charge in [-0.2, -0.15) is 13.2 Å². The first kappa shape index (κ1) is 15.6. The number of halogens is 3. The maximum Gasteiger partial charge on any atom is 0.393 e. The highest BCUT2D eigenvalue weighted by atomic mass is 19.4. The van der Waals surface area contributed by atoms with Crippen LogP contribution < -0.4 is 5.32 Å². The second-order valence-corrected chi connectivity index (χ2v) is 6.74. The molecule has 2 saturated heterocycles. The van der Waals surface area contributed by atoms with Gasteiger partial charge in [0, 0.05) is 6.54 Å². The topological polar surface area (TPSA) is 52.7 Å². The molecule has 2 atom stereocenters. The Morgan fingerprint density at radius 3 is 2.55 bits per heavy atom. The Bertz CT molecular complexity index is 492. The molecule has 0 radical (unpaired) electrons. The van der Waals surface area contributed by atoms with Crippen molar-refractivity contribution in [2.75, 3.05) is 19.8 Å². The number of hydrogen-bond donors (Lipinski definition) is 1. The summed E-state index contributed by atoms with van der Waals surface area (Å²) in [5.74, 6) is -1.54. The van der Waals surface area contributed by atoms with Gasteiger partial charge in [-0.15, -0.1) is 0 Å². The lowest BCUT2D eigenvalue weighted by molar-refractivity contribution is -0.187. The van der Waals surface area contributed by atoms with Crippen molar-refractivity contribution in [2.45, 2.75) is 44.3 Å². The number of rotatable bonds is 3. The van der Waals surface area contributed by atoms with Crippen LogP contribution in [0.25, 0.3) is 0 Å². The Morgan fingerprint density at radius 1 is 1.27 bits per heavy atom. The quantitative estimate of drug-likeness (QED) is 0.809. The first-order valence-corrected chi connectivity index (χ1v) is 7.65. The smallest absolute Gasteiger partial charge is 0.323 e. The lowest BCUT2D eigenvalue weighted by atomic mass is 9.96. The maximum atomic E-state index is 12.8. The van der Waals surface area contributed by atoms with E-state index in [2.05, 4.69) is 5.32 Å². The molecule has 1 aliphatic carbocycles. The first-order chi connectivity index (χ1) is 10.2. The molecule has 2 heterocycles. The number of amides is 3. The maximum absolute atomic E-state index is 12.8. The number of imide groups is 1. The van der Waals surface area contributed by atoms with E-state index >= 15 is 0 Å². The van der Waals surface area contributed by atoms with Crippen LogP contribution in [0.3, 0.4) is 0 Å². The van der Waals surface area contributed by atoms with Crippen LogP contribution in [0.1, 0.15) is 32.6 Å². The molecular formula is C14H20F3N3O2. The van der Waals surface area contributed by atoms with Gasteiger partial charge in [0.15, 0.2) is 0 Å². The summed E-state index contributed by atoms with van der Waals surface area (Å²) in [5, 5.41) is 2.71. The summed E-state index contributed by atoms with van der Waals surface area (Å²) in [6, 6.07) is -0.492. The second kappa shape index (κ2) is 5.11. The van der Waals surface area contributed by atoms with Gasteiger partial charge in [-0.05, 0) is 45.1 Å². The molecule has 3 rings (SSSR count). The van der Waals surface area contributed by atoms with Gasteiger partial charge in [-0.3, -0.25) is 9.69 Å². The number of urea groups is 1. The molecule has 124 valence electrons. The molecule has 8 heteroatoms. The van der Waals surface area contributed by atoms with Gasteiger partial charge >= 0.3 is 12.2 Å². The van der Waals surface area contributed by atoms with Gasteiger partial charge in [0.1, 0.15) is 5.54 Å². The molecule has 0 unspecified atom stereocenters. The molecule has 2 aliphatic heterocycles. The van der Waals surface area contributed by atoms with Crippen molar-refractivity contribution in [3.8, 4) is 0 Å². The van der Waals surface area contributed by atoms with E-state index in [1.807, 2.05) is 0 Å². The molecule has 1 saturated carbocycles. The zero-order chi connectivity index (χ0) is 16.1. The van der Waals surface area contributed by atoms with E-state index in [1.54, 1.807) is 11.8 Å². The third-order valence-electron chi connectivity index (χ3n) is 5.00. The Kier molecular flexibility index (Phi) is 3.62. The molecule has 1 N–H and O–H groups in total. The number of likely N-dealkylation sites (tertiary alicyclic amines) is 1. The van der Waals surface area contributed by atoms with Crippen LogP contribution in [0.5, 0.6) is 0 Å². The number of nitrogens with zero attached hydrogens (tertiary/aromatic N) is 2. The number of carbonyl (C=O) groups is 2. The van der Waals surface area contributed by atoms with E-state index in [0.29, 0.717) is 13.0 Å². The molecule has 0 bridgehead atoms. The summed E-state index contributed by atoms with van der Waals surface area (Å²) in [6.45, 7) is 1.98. The average molecular weight is 319 g/mol. The molecule has 3 aliphatic rings. The van der Waals surface area contributed by atoms with E-state index in [0.717, 1.165) is 17.7 Å². The second-order valence-electron chi connectivity index (χ2n) is 6.74. The fourth-order valence-electron chi connectivity index (χ4n) is 3.43. The van der Waals surface area contributed by atoms with Gasteiger partial charge in [-0.25, -0.2) is 9.69 Å². The lowest BCUT2D eigenvalue weighted by Crippen LogP contribution is -2.49. The van der Waals surface area contributed by atoms with E-state index in [4.69, 9.17) is 0 Å². The Morgan fingerprint density at radius 2 is 1.95 bits per heavy atom. The van der Waals surface area contributed by atoms with E-state index in [9.17, 15) is 22.8 Å². The van der Waals surface area contributed by atoms with Gasteiger partial charge in [0.05, 0.1) is 12.6 Å². The molecule has 22 heavy (non-hydrogen) atoms. The van der Waals surface area contributed by atoms with Crippen molar-refractivity contribution in [3.05, 3.63) is 0 Å². The number of nitrogens with one attached hydrogen (secondary N) is 1. The monoisotopic (exact) mass is 319 g/mol. The molecule has 0 spiro atoms. The number of piperidine rings is 1. The van der Waals surface area contributed by atoms with Crippen LogP contribution in [0.2, 0.25) is 0 Å². The van der Waals surface area contributed by atoms with Crippen LogP contribution in [0, 0.1) is 11.8 Å². The molecule has 0 aromatic heterocycles. The van der Waals surface area contributed by atoms with Gasteiger partial charge < -0.3 is 5.32 Å². The highest BCUT2D eigenvalue weighted by Crippen LogP contribution is 2.42. The zero-order valence-electron chi connectivity index (χ0n) is 12.4. The minimum atomic E-state index is -4.22. The fraction of sp³-hybridized carbons (Fsp3) is 0.857. The first-order valence-electron chi connectivity index (χ1n) is 7.65. The zero-order valence-corrected chi connectivity index (χ0v) is 12.4. The van der Waals surface area contributed by atoms with E-state index in [-0.39, 0.29) is 31.5 Å². The molecular weight excluding hydrogens is 299 g/mol. The number of alkyl halides is 3. The van der Waals surface area contributed by atoms with Gasteiger partial charge in [0.2, 0.25) is 0 Å². The minimum absolute atomic E-state index is 0.0560. The Balaban J connectivity index is 1.65. The van der Waals surface area contributed by atoms with Crippen LogP contribution in [-0.4, -0.2) is 53.2 Å². The van der Waals surface area contributed by atoms with E-state index < -0.39 is 23.7 Å². The summed E-state index contributed by atoms with van der Waals surface area (Å²) in [7, 11) is 0. The summed E-state index contributed by atoms with van der Waals surface area (Å²) >= 11 is 0.